The van der Waals surface area contributed by atoms with Crippen LogP contribution in [0, 0.1) is 11.8 Å². The molecule has 1 heterocycles. The summed E-state index contributed by atoms with van der Waals surface area (Å²) >= 11 is 0. The molecule has 16 heavy (non-hydrogen) atoms. The molecule has 6 heteroatoms. The molecule has 0 bridgehead atoms. The van der Waals surface area contributed by atoms with Crippen molar-refractivity contribution in [2.24, 2.45) is 11.8 Å². The predicted molar refractivity (Wildman–Crippen MR) is 61.1 cm³/mol. The van der Waals surface area contributed by atoms with Gasteiger partial charge in [0.2, 0.25) is 5.91 Å². The third-order valence-corrected chi connectivity index (χ3v) is 5.54. The zero-order valence-corrected chi connectivity index (χ0v) is 11.0. The molecule has 0 N–H and O–H groups in total. The van der Waals surface area contributed by atoms with E-state index >= 15 is 0 Å². The van der Waals surface area contributed by atoms with Crippen molar-refractivity contribution < 1.29 is 13.2 Å². The van der Waals surface area contributed by atoms with Crippen LogP contribution in [0.3, 0.4) is 0 Å². The second kappa shape index (κ2) is 3.60. The minimum atomic E-state index is -3.91. The molecule has 1 aliphatic heterocycles. The van der Waals surface area contributed by atoms with Gasteiger partial charge in [0.25, 0.3) is 0 Å². The Labute approximate surface area is 101 Å². The summed E-state index contributed by atoms with van der Waals surface area (Å²) in [5.74, 6) is 0.653. The van der Waals surface area contributed by atoms with Crippen molar-refractivity contribution >= 4 is 25.8 Å². The Morgan fingerprint density at radius 2 is 2.00 bits per heavy atom. The first kappa shape index (κ1) is 12.2. The maximum absolute atomic E-state index is 11.4. The molecule has 92 valence electrons. The fraction of sp³-hybridized carbons (Fsp3) is 0.900. The van der Waals surface area contributed by atoms with E-state index < -0.39 is 14.8 Å². The quantitative estimate of drug-likeness (QED) is 0.537. The predicted octanol–water partition coefficient (Wildman–Crippen LogP) is 1.90. The lowest BCUT2D eigenvalue weighted by atomic mass is 9.67. The molecular formula is C10H16ClNO3S. The Morgan fingerprint density at radius 1 is 1.38 bits per heavy atom. The molecule has 3 unspecified atom stereocenters. The maximum atomic E-state index is 11.4. The van der Waals surface area contributed by atoms with E-state index in [0.29, 0.717) is 18.3 Å². The summed E-state index contributed by atoms with van der Waals surface area (Å²) in [6.45, 7) is 4.27. The van der Waals surface area contributed by atoms with Crippen LogP contribution < -0.4 is 0 Å². The number of carbonyl (C=O) groups excluding carboxylic acids is 1. The topological polar surface area (TPSA) is 54.5 Å². The van der Waals surface area contributed by atoms with Gasteiger partial charge >= 0.3 is 9.24 Å². The van der Waals surface area contributed by atoms with Crippen molar-refractivity contribution in [3.63, 3.8) is 0 Å². The number of β-lactam (4-membered cyclic amide) rings is 1. The van der Waals surface area contributed by atoms with E-state index in [1.54, 1.807) is 0 Å². The molecule has 0 radical (unpaired) electrons. The zero-order valence-electron chi connectivity index (χ0n) is 9.44. The maximum Gasteiger partial charge on any atom is 0.324 e. The third kappa shape index (κ3) is 1.74. The molecule has 1 aliphatic carbocycles. The Kier molecular flexibility index (Phi) is 2.74. The largest absolute Gasteiger partial charge is 0.324 e. The number of halogens is 1. The van der Waals surface area contributed by atoms with Crippen LogP contribution in [-0.4, -0.2) is 24.2 Å². The molecule has 0 aromatic heterocycles. The average molecular weight is 266 g/mol. The summed E-state index contributed by atoms with van der Waals surface area (Å²) in [6.07, 6.45) is 2.77. The molecule has 1 spiro atoms. The number of rotatable bonds is 1. The molecule has 2 aliphatic rings. The van der Waals surface area contributed by atoms with E-state index in [4.69, 9.17) is 10.7 Å². The van der Waals surface area contributed by atoms with Crippen molar-refractivity contribution in [3.05, 3.63) is 0 Å². The molecule has 0 aromatic carbocycles. The molecule has 1 saturated heterocycles. The lowest BCUT2D eigenvalue weighted by Crippen LogP contribution is -2.66. The van der Waals surface area contributed by atoms with Crippen molar-refractivity contribution in [3.8, 4) is 0 Å². The Bertz CT molecular complexity index is 422. The van der Waals surface area contributed by atoms with Crippen LogP contribution in [0.15, 0.2) is 0 Å². The Hall–Kier alpha value is -0.290. The normalized spacial score (nSPS) is 39.9. The van der Waals surface area contributed by atoms with Crippen LogP contribution in [-0.2, 0) is 14.0 Å². The van der Waals surface area contributed by atoms with Gasteiger partial charge in [0.05, 0.1) is 12.0 Å². The highest BCUT2D eigenvalue weighted by molar-refractivity contribution is 8.12. The van der Waals surface area contributed by atoms with Gasteiger partial charge in [-0.05, 0) is 31.1 Å². The fourth-order valence-corrected chi connectivity index (χ4v) is 4.65. The van der Waals surface area contributed by atoms with E-state index in [1.165, 1.54) is 0 Å². The number of amides is 1. The summed E-state index contributed by atoms with van der Waals surface area (Å²) in [5.41, 5.74) is -0.510. The molecule has 4 nitrogen and oxygen atoms in total. The van der Waals surface area contributed by atoms with Gasteiger partial charge in [0.15, 0.2) is 0 Å². The monoisotopic (exact) mass is 265 g/mol. The second-order valence-corrected chi connectivity index (χ2v) is 7.56. The van der Waals surface area contributed by atoms with Gasteiger partial charge in [0, 0.05) is 10.7 Å². The van der Waals surface area contributed by atoms with Crippen LogP contribution in [0.2, 0.25) is 0 Å². The zero-order chi connectivity index (χ0) is 12.1. The molecule has 0 aromatic rings. The summed E-state index contributed by atoms with van der Waals surface area (Å²) in [6, 6.07) is 0. The van der Waals surface area contributed by atoms with Crippen LogP contribution in [0.4, 0.5) is 0 Å². The first-order valence-corrected chi connectivity index (χ1v) is 7.81. The fourth-order valence-electron chi connectivity index (χ4n) is 2.98. The number of nitrogens with zero attached hydrogens (tertiary/aromatic N) is 1. The molecule has 3 atom stereocenters. The first-order valence-electron chi connectivity index (χ1n) is 5.54. The summed E-state index contributed by atoms with van der Waals surface area (Å²) < 4.78 is 23.6. The first-order chi connectivity index (χ1) is 7.26. The second-order valence-electron chi connectivity index (χ2n) is 5.20. The van der Waals surface area contributed by atoms with E-state index in [9.17, 15) is 13.2 Å². The van der Waals surface area contributed by atoms with Gasteiger partial charge in [-0.1, -0.05) is 13.8 Å². The Balaban J connectivity index is 2.25. The van der Waals surface area contributed by atoms with Crippen LogP contribution >= 0.6 is 10.7 Å². The minimum Gasteiger partial charge on any atom is -0.274 e. The van der Waals surface area contributed by atoms with Crippen molar-refractivity contribution in [2.45, 2.75) is 45.1 Å². The minimum absolute atomic E-state index is 0.329. The number of hydrogen-bond donors (Lipinski definition) is 0. The lowest BCUT2D eigenvalue weighted by Gasteiger charge is -2.54. The lowest BCUT2D eigenvalue weighted by molar-refractivity contribution is -0.149. The number of hydrogen-bond acceptors (Lipinski definition) is 3. The highest BCUT2D eigenvalue weighted by Crippen LogP contribution is 2.49. The van der Waals surface area contributed by atoms with Gasteiger partial charge in [-0.2, -0.15) is 8.42 Å². The molecule has 2 fully saturated rings. The molecule has 1 saturated carbocycles. The highest BCUT2D eigenvalue weighted by atomic mass is 35.7. The van der Waals surface area contributed by atoms with Gasteiger partial charge in [-0.15, -0.1) is 0 Å². The molecule has 1 amide bonds. The average Bonchev–Trinajstić information content (AvgIpc) is 2.07. The van der Waals surface area contributed by atoms with E-state index in [2.05, 4.69) is 13.8 Å². The summed E-state index contributed by atoms with van der Waals surface area (Å²) in [7, 11) is 1.41. The third-order valence-electron chi connectivity index (χ3n) is 4.09. The summed E-state index contributed by atoms with van der Waals surface area (Å²) in [4.78, 5) is 11.4. The van der Waals surface area contributed by atoms with Crippen molar-refractivity contribution in [1.29, 1.82) is 0 Å². The van der Waals surface area contributed by atoms with Gasteiger partial charge in [0.1, 0.15) is 0 Å². The number of carbonyl (C=O) groups is 1. The van der Waals surface area contributed by atoms with Crippen molar-refractivity contribution in [1.82, 2.24) is 4.31 Å². The SMILES string of the molecule is CC1CCC2(CC(=O)N2S(=O)(=O)Cl)CC1C. The van der Waals surface area contributed by atoms with E-state index in [-0.39, 0.29) is 5.91 Å². The van der Waals surface area contributed by atoms with Gasteiger partial charge in [-0.3, -0.25) is 4.79 Å². The molecular weight excluding hydrogens is 250 g/mol. The highest BCUT2D eigenvalue weighted by Gasteiger charge is 2.58. The van der Waals surface area contributed by atoms with E-state index in [0.717, 1.165) is 23.6 Å². The summed E-state index contributed by atoms with van der Waals surface area (Å²) in [5, 5.41) is 0. The van der Waals surface area contributed by atoms with E-state index in [1.807, 2.05) is 0 Å². The molecule has 2 rings (SSSR count). The van der Waals surface area contributed by atoms with Crippen LogP contribution in [0.5, 0.6) is 0 Å². The Morgan fingerprint density at radius 3 is 2.44 bits per heavy atom. The standard InChI is InChI=1S/C10H16ClNO3S/c1-7-3-4-10(5-8(7)2)6-9(13)12(10)16(11,14)15/h7-8H,3-6H2,1-2H3. The van der Waals surface area contributed by atoms with Crippen LogP contribution in [0.1, 0.15) is 39.5 Å². The van der Waals surface area contributed by atoms with Gasteiger partial charge < -0.3 is 0 Å². The van der Waals surface area contributed by atoms with Crippen molar-refractivity contribution in [2.75, 3.05) is 0 Å². The smallest absolute Gasteiger partial charge is 0.274 e. The van der Waals surface area contributed by atoms with Gasteiger partial charge in [-0.25, -0.2) is 4.31 Å². The van der Waals surface area contributed by atoms with Crippen LogP contribution in [0.25, 0.3) is 0 Å².